The topological polar surface area (TPSA) is 92.5 Å². The number of alkyl halides is 3. The molecule has 1 aromatic carbocycles. The molecule has 3 atom stereocenters. The third kappa shape index (κ3) is 3.99. The molecule has 2 fully saturated rings. The number of hydrogen-bond donors (Lipinski definition) is 1. The zero-order valence-electron chi connectivity index (χ0n) is 18.4. The molecular formula is C23H23F3N6O2. The van der Waals surface area contributed by atoms with Gasteiger partial charge in [0.05, 0.1) is 0 Å². The van der Waals surface area contributed by atoms with Gasteiger partial charge in [0.1, 0.15) is 11.9 Å². The Labute approximate surface area is 193 Å². The Morgan fingerprint density at radius 1 is 1.09 bits per heavy atom. The van der Waals surface area contributed by atoms with Crippen molar-refractivity contribution in [2.75, 3.05) is 5.32 Å². The Balaban J connectivity index is 1.43. The highest BCUT2D eigenvalue weighted by Gasteiger charge is 2.47. The van der Waals surface area contributed by atoms with E-state index in [1.165, 1.54) is 6.07 Å². The van der Waals surface area contributed by atoms with Crippen LogP contribution in [0.3, 0.4) is 0 Å². The predicted molar refractivity (Wildman–Crippen MR) is 116 cm³/mol. The second-order valence-corrected chi connectivity index (χ2v) is 8.86. The Morgan fingerprint density at radius 3 is 2.56 bits per heavy atom. The van der Waals surface area contributed by atoms with Gasteiger partial charge in [-0.1, -0.05) is 31.0 Å². The lowest BCUT2D eigenvalue weighted by Crippen LogP contribution is -2.47. The molecule has 0 spiro atoms. The van der Waals surface area contributed by atoms with Gasteiger partial charge in [-0.15, -0.1) is 5.10 Å². The number of aryl methyl sites for hydroxylation is 1. The van der Waals surface area contributed by atoms with Gasteiger partial charge in [0, 0.05) is 23.4 Å². The van der Waals surface area contributed by atoms with Crippen LogP contribution in [0.4, 0.5) is 19.0 Å². The average molecular weight is 472 g/mol. The number of carbonyl (C=O) groups is 2. The smallest absolute Gasteiger partial charge is 0.323 e. The van der Waals surface area contributed by atoms with Crippen LogP contribution in [0, 0.1) is 12.8 Å². The van der Waals surface area contributed by atoms with Crippen LogP contribution in [0.25, 0.3) is 5.78 Å². The number of carbonyl (C=O) groups excluding carboxylic acids is 2. The summed E-state index contributed by atoms with van der Waals surface area (Å²) in [5.41, 5.74) is 0.852. The van der Waals surface area contributed by atoms with Crippen molar-refractivity contribution in [2.45, 2.75) is 57.3 Å². The van der Waals surface area contributed by atoms with Crippen molar-refractivity contribution in [3.63, 3.8) is 0 Å². The first-order chi connectivity index (χ1) is 16.2. The molecule has 5 rings (SSSR count). The van der Waals surface area contributed by atoms with Crippen molar-refractivity contribution >= 4 is 23.4 Å². The van der Waals surface area contributed by atoms with E-state index in [1.807, 2.05) is 6.07 Å². The molecule has 0 radical (unpaired) electrons. The highest BCUT2D eigenvalue weighted by Crippen LogP contribution is 2.41. The lowest BCUT2D eigenvalue weighted by Gasteiger charge is -2.33. The molecule has 3 heterocycles. The molecule has 8 nitrogen and oxygen atoms in total. The SMILES string of the molecule is Cc1cc(NC(=O)[C@@H]2C[C@@H]3CCCC[C@@H]3N2C(=O)c2ccccc2)nc2nc(C(F)(F)F)nn12. The second-order valence-electron chi connectivity index (χ2n) is 8.86. The summed E-state index contributed by atoms with van der Waals surface area (Å²) < 4.78 is 40.0. The zero-order chi connectivity index (χ0) is 24.0. The van der Waals surface area contributed by atoms with Crippen molar-refractivity contribution < 1.29 is 22.8 Å². The van der Waals surface area contributed by atoms with Crippen LogP contribution in [0.15, 0.2) is 36.4 Å². The Bertz CT molecular complexity index is 1240. The number of nitrogens with one attached hydrogen (secondary N) is 1. The monoisotopic (exact) mass is 472 g/mol. The fourth-order valence-electron chi connectivity index (χ4n) is 5.12. The zero-order valence-corrected chi connectivity index (χ0v) is 18.4. The van der Waals surface area contributed by atoms with E-state index in [4.69, 9.17) is 0 Å². The van der Waals surface area contributed by atoms with Crippen molar-refractivity contribution in [2.24, 2.45) is 5.92 Å². The third-order valence-corrected chi connectivity index (χ3v) is 6.64. The molecule has 34 heavy (non-hydrogen) atoms. The number of hydrogen-bond acceptors (Lipinski definition) is 5. The summed E-state index contributed by atoms with van der Waals surface area (Å²) in [7, 11) is 0. The van der Waals surface area contributed by atoms with Gasteiger partial charge in [-0.25, -0.2) is 4.52 Å². The summed E-state index contributed by atoms with van der Waals surface area (Å²) in [5.74, 6) is -1.86. The van der Waals surface area contributed by atoms with Crippen LogP contribution >= 0.6 is 0 Å². The van der Waals surface area contributed by atoms with Crippen LogP contribution in [0.1, 0.15) is 54.0 Å². The number of fused-ring (bicyclic) bond motifs is 2. The van der Waals surface area contributed by atoms with E-state index in [-0.39, 0.29) is 29.5 Å². The van der Waals surface area contributed by atoms with Crippen molar-refractivity contribution in [1.82, 2.24) is 24.5 Å². The highest BCUT2D eigenvalue weighted by atomic mass is 19.4. The van der Waals surface area contributed by atoms with E-state index < -0.39 is 23.9 Å². The van der Waals surface area contributed by atoms with Gasteiger partial charge in [0.25, 0.3) is 17.5 Å². The largest absolute Gasteiger partial charge is 0.453 e. The molecular weight excluding hydrogens is 449 g/mol. The third-order valence-electron chi connectivity index (χ3n) is 6.64. The fraction of sp³-hybridized carbons (Fsp3) is 0.435. The minimum absolute atomic E-state index is 0.0137. The number of anilines is 1. The number of aromatic nitrogens is 4. The molecule has 1 aliphatic heterocycles. The molecule has 0 bridgehead atoms. The van der Waals surface area contributed by atoms with Crippen LogP contribution in [0.2, 0.25) is 0 Å². The minimum Gasteiger partial charge on any atom is -0.323 e. The Hall–Kier alpha value is -3.50. The summed E-state index contributed by atoms with van der Waals surface area (Å²) in [6.45, 7) is 1.55. The average Bonchev–Trinajstić information content (AvgIpc) is 3.41. The van der Waals surface area contributed by atoms with Gasteiger partial charge >= 0.3 is 6.18 Å². The molecule has 0 unspecified atom stereocenters. The first-order valence-corrected chi connectivity index (χ1v) is 11.2. The molecule has 2 amide bonds. The summed E-state index contributed by atoms with van der Waals surface area (Å²) in [4.78, 5) is 35.9. The second kappa shape index (κ2) is 8.37. The fourth-order valence-corrected chi connectivity index (χ4v) is 5.12. The van der Waals surface area contributed by atoms with Crippen molar-refractivity contribution in [1.29, 1.82) is 0 Å². The summed E-state index contributed by atoms with van der Waals surface area (Å²) in [5, 5.41) is 6.16. The van der Waals surface area contributed by atoms with Crippen LogP contribution < -0.4 is 5.32 Å². The Morgan fingerprint density at radius 2 is 1.82 bits per heavy atom. The normalized spacial score (nSPS) is 22.6. The maximum Gasteiger partial charge on any atom is 0.453 e. The molecule has 1 aliphatic carbocycles. The first-order valence-electron chi connectivity index (χ1n) is 11.2. The number of amides is 2. The minimum atomic E-state index is -4.71. The molecule has 2 aliphatic rings. The van der Waals surface area contributed by atoms with Crippen LogP contribution in [-0.4, -0.2) is 48.4 Å². The van der Waals surface area contributed by atoms with E-state index in [1.54, 1.807) is 36.1 Å². The van der Waals surface area contributed by atoms with Crippen molar-refractivity contribution in [3.05, 3.63) is 53.5 Å². The number of benzene rings is 1. The number of nitrogens with zero attached hydrogens (tertiary/aromatic N) is 5. The van der Waals surface area contributed by atoms with E-state index in [0.29, 0.717) is 17.7 Å². The highest BCUT2D eigenvalue weighted by molar-refractivity contribution is 6.01. The van der Waals surface area contributed by atoms with Crippen LogP contribution in [0.5, 0.6) is 0 Å². The number of likely N-dealkylation sites (tertiary alicyclic amines) is 1. The number of halogens is 3. The van der Waals surface area contributed by atoms with Gasteiger partial charge in [-0.3, -0.25) is 9.59 Å². The van der Waals surface area contributed by atoms with E-state index in [9.17, 15) is 22.8 Å². The summed E-state index contributed by atoms with van der Waals surface area (Å²) in [6.07, 6.45) is -0.303. The predicted octanol–water partition coefficient (Wildman–Crippen LogP) is 3.86. The lowest BCUT2D eigenvalue weighted by atomic mass is 9.84. The molecule has 11 heteroatoms. The molecule has 178 valence electrons. The Kier molecular flexibility index (Phi) is 5.49. The standard InChI is InChI=1S/C23H23F3N6O2/c1-13-11-18(28-22-29-21(23(24,25)26)30-32(13)22)27-19(33)17-12-15-9-5-6-10-16(15)31(17)20(34)14-7-3-2-4-8-14/h2-4,7-8,11,15-17H,5-6,9-10,12H2,1H3,(H,27,28,29,30,33)/t15-,16-,17-/m0/s1. The molecule has 1 saturated heterocycles. The maximum atomic E-state index is 13.4. The summed E-state index contributed by atoms with van der Waals surface area (Å²) >= 11 is 0. The quantitative estimate of drug-likeness (QED) is 0.625. The van der Waals surface area contributed by atoms with Gasteiger partial charge in [0.2, 0.25) is 5.91 Å². The van der Waals surface area contributed by atoms with Gasteiger partial charge < -0.3 is 10.2 Å². The lowest BCUT2D eigenvalue weighted by molar-refractivity contribution is -0.144. The summed E-state index contributed by atoms with van der Waals surface area (Å²) in [6, 6.07) is 9.59. The van der Waals surface area contributed by atoms with Gasteiger partial charge in [-0.05, 0) is 44.2 Å². The van der Waals surface area contributed by atoms with Gasteiger partial charge in [0.15, 0.2) is 0 Å². The van der Waals surface area contributed by atoms with E-state index >= 15 is 0 Å². The molecule has 2 aromatic heterocycles. The molecule has 3 aromatic rings. The maximum absolute atomic E-state index is 13.4. The first kappa shape index (κ1) is 22.3. The van der Waals surface area contributed by atoms with E-state index in [2.05, 4.69) is 20.4 Å². The molecule has 1 N–H and O–H groups in total. The van der Waals surface area contributed by atoms with E-state index in [0.717, 1.165) is 30.2 Å². The number of rotatable bonds is 3. The van der Waals surface area contributed by atoms with Gasteiger partial charge in [-0.2, -0.15) is 23.1 Å². The van der Waals surface area contributed by atoms with Crippen LogP contribution in [-0.2, 0) is 11.0 Å². The molecule has 1 saturated carbocycles. The van der Waals surface area contributed by atoms with Crippen molar-refractivity contribution in [3.8, 4) is 0 Å².